The standard InChI is InChI=1S/C18H28N2/c1-14(2)15-7-9-20(10-8-15)13-18-11-16-5-3-4-6-17(16)12-19-18/h3-6,14-15,18-19H,7-13H2,1-2H3. The minimum Gasteiger partial charge on any atom is -0.308 e. The summed E-state index contributed by atoms with van der Waals surface area (Å²) in [6.45, 7) is 9.60. The molecule has 2 nitrogen and oxygen atoms in total. The van der Waals surface area contributed by atoms with Crippen LogP contribution in [-0.2, 0) is 13.0 Å². The lowest BCUT2D eigenvalue weighted by molar-refractivity contribution is 0.144. The third-order valence-electron chi connectivity index (χ3n) is 5.22. The molecule has 2 heteroatoms. The number of hydrogen-bond donors (Lipinski definition) is 1. The van der Waals surface area contributed by atoms with Crippen LogP contribution in [0.15, 0.2) is 24.3 Å². The van der Waals surface area contributed by atoms with Crippen molar-refractivity contribution in [2.24, 2.45) is 11.8 Å². The highest BCUT2D eigenvalue weighted by atomic mass is 15.2. The molecule has 3 rings (SSSR count). The average molecular weight is 272 g/mol. The molecular formula is C18H28N2. The van der Waals surface area contributed by atoms with Gasteiger partial charge in [-0.3, -0.25) is 0 Å². The van der Waals surface area contributed by atoms with Crippen molar-refractivity contribution in [1.82, 2.24) is 10.2 Å². The third kappa shape index (κ3) is 3.24. The number of hydrogen-bond acceptors (Lipinski definition) is 2. The summed E-state index contributed by atoms with van der Waals surface area (Å²) in [5.74, 6) is 1.81. The molecular weight excluding hydrogens is 244 g/mol. The van der Waals surface area contributed by atoms with Gasteiger partial charge in [-0.2, -0.15) is 0 Å². The second-order valence-electron chi connectivity index (χ2n) is 6.93. The van der Waals surface area contributed by atoms with Crippen LogP contribution < -0.4 is 5.32 Å². The minimum atomic E-state index is 0.639. The van der Waals surface area contributed by atoms with Gasteiger partial charge in [0.25, 0.3) is 0 Å². The van der Waals surface area contributed by atoms with Gasteiger partial charge in [-0.05, 0) is 55.3 Å². The Morgan fingerprint density at radius 2 is 1.85 bits per heavy atom. The van der Waals surface area contributed by atoms with E-state index in [2.05, 4.69) is 48.3 Å². The summed E-state index contributed by atoms with van der Waals surface area (Å²) in [6.07, 6.45) is 3.97. The zero-order valence-electron chi connectivity index (χ0n) is 12.9. The fourth-order valence-electron chi connectivity index (χ4n) is 3.76. The van der Waals surface area contributed by atoms with E-state index in [1.54, 1.807) is 5.56 Å². The fraction of sp³-hybridized carbons (Fsp3) is 0.667. The second-order valence-corrected chi connectivity index (χ2v) is 6.93. The Kier molecular flexibility index (Phi) is 4.42. The van der Waals surface area contributed by atoms with Crippen molar-refractivity contribution < 1.29 is 0 Å². The molecule has 1 fully saturated rings. The van der Waals surface area contributed by atoms with Crippen molar-refractivity contribution in [3.63, 3.8) is 0 Å². The Labute approximate surface area is 123 Å². The van der Waals surface area contributed by atoms with Gasteiger partial charge < -0.3 is 10.2 Å². The maximum absolute atomic E-state index is 3.71. The summed E-state index contributed by atoms with van der Waals surface area (Å²) in [7, 11) is 0. The molecule has 0 spiro atoms. The monoisotopic (exact) mass is 272 g/mol. The van der Waals surface area contributed by atoms with E-state index in [9.17, 15) is 0 Å². The van der Waals surface area contributed by atoms with Crippen LogP contribution in [0.3, 0.4) is 0 Å². The van der Waals surface area contributed by atoms with Crippen LogP contribution in [0.4, 0.5) is 0 Å². The van der Waals surface area contributed by atoms with Gasteiger partial charge in [0.2, 0.25) is 0 Å². The highest BCUT2D eigenvalue weighted by Gasteiger charge is 2.25. The van der Waals surface area contributed by atoms with Crippen molar-refractivity contribution in [3.8, 4) is 0 Å². The van der Waals surface area contributed by atoms with Crippen LogP contribution in [-0.4, -0.2) is 30.6 Å². The molecule has 0 aromatic heterocycles. The van der Waals surface area contributed by atoms with Gasteiger partial charge in [-0.25, -0.2) is 0 Å². The predicted octanol–water partition coefficient (Wildman–Crippen LogP) is 3.07. The van der Waals surface area contributed by atoms with Gasteiger partial charge in [0.15, 0.2) is 0 Å². The summed E-state index contributed by atoms with van der Waals surface area (Å²) in [5.41, 5.74) is 3.04. The first kappa shape index (κ1) is 14.1. The number of likely N-dealkylation sites (tertiary alicyclic amines) is 1. The topological polar surface area (TPSA) is 15.3 Å². The number of nitrogens with one attached hydrogen (secondary N) is 1. The maximum atomic E-state index is 3.71. The van der Waals surface area contributed by atoms with E-state index in [4.69, 9.17) is 0 Å². The number of rotatable bonds is 3. The molecule has 1 unspecified atom stereocenters. The van der Waals surface area contributed by atoms with E-state index in [0.717, 1.165) is 18.4 Å². The Balaban J connectivity index is 1.51. The van der Waals surface area contributed by atoms with Gasteiger partial charge in [-0.15, -0.1) is 0 Å². The van der Waals surface area contributed by atoms with E-state index >= 15 is 0 Å². The third-order valence-corrected chi connectivity index (χ3v) is 5.22. The average Bonchev–Trinajstić information content (AvgIpc) is 2.48. The minimum absolute atomic E-state index is 0.639. The fourth-order valence-corrected chi connectivity index (χ4v) is 3.76. The molecule has 0 aliphatic carbocycles. The zero-order valence-corrected chi connectivity index (χ0v) is 12.9. The molecule has 0 bridgehead atoms. The Morgan fingerprint density at radius 3 is 2.55 bits per heavy atom. The van der Waals surface area contributed by atoms with E-state index in [0.29, 0.717) is 6.04 Å². The summed E-state index contributed by atoms with van der Waals surface area (Å²) in [6, 6.07) is 9.52. The van der Waals surface area contributed by atoms with Crippen molar-refractivity contribution in [1.29, 1.82) is 0 Å². The van der Waals surface area contributed by atoms with E-state index in [1.807, 2.05) is 0 Å². The first-order valence-electron chi connectivity index (χ1n) is 8.25. The van der Waals surface area contributed by atoms with E-state index in [1.165, 1.54) is 44.5 Å². The van der Waals surface area contributed by atoms with Crippen molar-refractivity contribution in [2.75, 3.05) is 19.6 Å². The molecule has 2 heterocycles. The summed E-state index contributed by atoms with van der Waals surface area (Å²) < 4.78 is 0. The van der Waals surface area contributed by atoms with Crippen LogP contribution in [0.1, 0.15) is 37.8 Å². The van der Waals surface area contributed by atoms with E-state index in [-0.39, 0.29) is 0 Å². The molecule has 0 radical (unpaired) electrons. The number of piperidine rings is 1. The van der Waals surface area contributed by atoms with Gasteiger partial charge >= 0.3 is 0 Å². The highest BCUT2D eigenvalue weighted by Crippen LogP contribution is 2.25. The van der Waals surface area contributed by atoms with Gasteiger partial charge in [0.1, 0.15) is 0 Å². The lowest BCUT2D eigenvalue weighted by Gasteiger charge is -2.37. The molecule has 20 heavy (non-hydrogen) atoms. The van der Waals surface area contributed by atoms with E-state index < -0.39 is 0 Å². The normalized spacial score (nSPS) is 24.9. The molecule has 110 valence electrons. The Bertz CT molecular complexity index is 433. The van der Waals surface area contributed by atoms with Gasteiger partial charge in [0, 0.05) is 19.1 Å². The zero-order chi connectivity index (χ0) is 13.9. The summed E-state index contributed by atoms with van der Waals surface area (Å²) in [5, 5.41) is 3.71. The van der Waals surface area contributed by atoms with Crippen LogP contribution in [0.25, 0.3) is 0 Å². The summed E-state index contributed by atoms with van der Waals surface area (Å²) >= 11 is 0. The van der Waals surface area contributed by atoms with Crippen LogP contribution in [0, 0.1) is 11.8 Å². The SMILES string of the molecule is CC(C)C1CCN(CC2Cc3ccccc3CN2)CC1. The lowest BCUT2D eigenvalue weighted by atomic mass is 9.86. The molecule has 1 N–H and O–H groups in total. The smallest absolute Gasteiger partial charge is 0.0238 e. The molecule has 1 atom stereocenters. The Morgan fingerprint density at radius 1 is 1.15 bits per heavy atom. The highest BCUT2D eigenvalue weighted by molar-refractivity contribution is 5.29. The molecule has 1 saturated heterocycles. The summed E-state index contributed by atoms with van der Waals surface area (Å²) in [4.78, 5) is 2.67. The maximum Gasteiger partial charge on any atom is 0.0238 e. The van der Waals surface area contributed by atoms with Crippen LogP contribution >= 0.6 is 0 Å². The molecule has 2 aliphatic heterocycles. The number of nitrogens with zero attached hydrogens (tertiary/aromatic N) is 1. The van der Waals surface area contributed by atoms with Crippen LogP contribution in [0.5, 0.6) is 0 Å². The molecule has 0 saturated carbocycles. The molecule has 2 aliphatic rings. The predicted molar refractivity (Wildman–Crippen MR) is 84.8 cm³/mol. The largest absolute Gasteiger partial charge is 0.308 e. The van der Waals surface area contributed by atoms with Crippen molar-refractivity contribution in [3.05, 3.63) is 35.4 Å². The van der Waals surface area contributed by atoms with Gasteiger partial charge in [-0.1, -0.05) is 38.1 Å². The Hall–Kier alpha value is -0.860. The molecule has 0 amide bonds. The first-order chi connectivity index (χ1) is 9.72. The van der Waals surface area contributed by atoms with Gasteiger partial charge in [0.05, 0.1) is 0 Å². The van der Waals surface area contributed by atoms with Crippen molar-refractivity contribution in [2.45, 2.75) is 45.7 Å². The lowest BCUT2D eigenvalue weighted by Crippen LogP contribution is -2.47. The number of benzene rings is 1. The molecule has 1 aromatic rings. The first-order valence-corrected chi connectivity index (χ1v) is 8.25. The molecule has 1 aromatic carbocycles. The van der Waals surface area contributed by atoms with Crippen LogP contribution in [0.2, 0.25) is 0 Å². The number of fused-ring (bicyclic) bond motifs is 1. The van der Waals surface area contributed by atoms with Crippen molar-refractivity contribution >= 4 is 0 Å². The second kappa shape index (κ2) is 6.28. The quantitative estimate of drug-likeness (QED) is 0.910.